The Labute approximate surface area is 32.4 Å². The highest BCUT2D eigenvalue weighted by molar-refractivity contribution is 7.41. The molecule has 0 aromatic heterocycles. The average Bonchev–Trinajstić information content (AvgIpc) is 1.38. The summed E-state index contributed by atoms with van der Waals surface area (Å²) >= 11 is 0. The van der Waals surface area contributed by atoms with Crippen molar-refractivity contribution in [2.75, 3.05) is 13.7 Å². The van der Waals surface area contributed by atoms with Crippen LogP contribution in [0.1, 0.15) is 0 Å². The summed E-state index contributed by atoms with van der Waals surface area (Å²) in [5, 5.41) is 2.54. The summed E-state index contributed by atoms with van der Waals surface area (Å²) in [5.74, 6) is 0. The second-order valence-corrected chi connectivity index (χ2v) is 2.16. The summed E-state index contributed by atoms with van der Waals surface area (Å²) in [4.78, 5) is 0. The van der Waals surface area contributed by atoms with E-state index in [9.17, 15) is 4.57 Å². The maximum Gasteiger partial charge on any atom is 0.428 e. The van der Waals surface area contributed by atoms with Crippen LogP contribution in [0.5, 0.6) is 0 Å². The topological polar surface area (TPSA) is 29.1 Å². The first-order valence-corrected chi connectivity index (χ1v) is 3.06. The lowest BCUT2D eigenvalue weighted by Gasteiger charge is -1.60. The highest BCUT2D eigenvalue weighted by Crippen LogP contribution is 2.00. The molecule has 0 amide bonds. The molecule has 2 nitrogen and oxygen atoms in total. The van der Waals surface area contributed by atoms with Crippen LogP contribution in [0.2, 0.25) is 0 Å². The van der Waals surface area contributed by atoms with Crippen molar-refractivity contribution in [1.82, 2.24) is 5.09 Å². The SMILES string of the molecule is CN[P+](C)=O. The van der Waals surface area contributed by atoms with Crippen molar-refractivity contribution in [3.05, 3.63) is 0 Å². The fraction of sp³-hybridized carbons (Fsp3) is 1.00. The second kappa shape index (κ2) is 2.31. The molecule has 3 heteroatoms. The summed E-state index contributed by atoms with van der Waals surface area (Å²) in [6, 6.07) is 0. The molecule has 0 fully saturated rings. The number of hydrogen-bond donors (Lipinski definition) is 1. The van der Waals surface area contributed by atoms with Gasteiger partial charge in [0.1, 0.15) is 0 Å². The minimum absolute atomic E-state index is 1.10. The van der Waals surface area contributed by atoms with Crippen molar-refractivity contribution >= 4 is 7.95 Å². The van der Waals surface area contributed by atoms with E-state index in [1.54, 1.807) is 13.7 Å². The molecule has 0 radical (unpaired) electrons. The van der Waals surface area contributed by atoms with Gasteiger partial charge in [0.2, 0.25) is 0 Å². The van der Waals surface area contributed by atoms with Gasteiger partial charge in [-0.05, 0) is 0 Å². The maximum absolute atomic E-state index is 9.85. The van der Waals surface area contributed by atoms with Crippen LogP contribution in [0.4, 0.5) is 0 Å². The van der Waals surface area contributed by atoms with Gasteiger partial charge < -0.3 is 0 Å². The zero-order valence-electron chi connectivity index (χ0n) is 3.36. The molecule has 0 aromatic carbocycles. The zero-order chi connectivity index (χ0) is 4.28. The minimum Gasteiger partial charge on any atom is -0.112 e. The van der Waals surface area contributed by atoms with Crippen LogP contribution in [-0.2, 0) is 4.57 Å². The monoisotopic (exact) mass is 92.0 g/mol. The van der Waals surface area contributed by atoms with Crippen molar-refractivity contribution in [2.45, 2.75) is 0 Å². The molecule has 0 aliphatic carbocycles. The van der Waals surface area contributed by atoms with Gasteiger partial charge in [0.25, 0.3) is 0 Å². The van der Waals surface area contributed by atoms with E-state index in [0.29, 0.717) is 0 Å². The lowest BCUT2D eigenvalue weighted by molar-refractivity contribution is 0.586. The summed E-state index contributed by atoms with van der Waals surface area (Å²) < 4.78 is 9.85. The Hall–Kier alpha value is 0.0600. The van der Waals surface area contributed by atoms with Gasteiger partial charge >= 0.3 is 7.95 Å². The van der Waals surface area contributed by atoms with Gasteiger partial charge in [0.05, 0.1) is 0 Å². The van der Waals surface area contributed by atoms with Crippen LogP contribution < -0.4 is 5.09 Å². The molecule has 0 spiro atoms. The lowest BCUT2D eigenvalue weighted by atomic mass is 11.6. The van der Waals surface area contributed by atoms with E-state index >= 15 is 0 Å². The average molecular weight is 92.1 g/mol. The molecular formula is C2H7NOP+. The van der Waals surface area contributed by atoms with Crippen LogP contribution in [-0.4, -0.2) is 13.7 Å². The fourth-order valence-corrected chi connectivity index (χ4v) is 0. The Balaban J connectivity index is 2.85. The molecule has 1 atom stereocenters. The summed E-state index contributed by atoms with van der Waals surface area (Å²) in [6.45, 7) is 1.62. The van der Waals surface area contributed by atoms with E-state index in [0.717, 1.165) is 0 Å². The predicted molar refractivity (Wildman–Crippen MR) is 22.6 cm³/mol. The van der Waals surface area contributed by atoms with Crippen molar-refractivity contribution in [2.24, 2.45) is 0 Å². The van der Waals surface area contributed by atoms with Crippen LogP contribution in [0.25, 0.3) is 0 Å². The quantitative estimate of drug-likeness (QED) is 0.479. The first kappa shape index (κ1) is 5.06. The number of nitrogens with one attached hydrogen (secondary N) is 1. The molecule has 0 aliphatic rings. The van der Waals surface area contributed by atoms with Crippen molar-refractivity contribution in [1.29, 1.82) is 0 Å². The Morgan fingerprint density at radius 1 is 1.80 bits per heavy atom. The molecule has 1 N–H and O–H groups in total. The Morgan fingerprint density at radius 3 is 2.00 bits per heavy atom. The maximum atomic E-state index is 9.85. The standard InChI is InChI=1S/C2H7NOP/c1-3-5(2)4/h1-2H3,(H,3,4)/q+1. The fourth-order valence-electron chi connectivity index (χ4n) is 0. The van der Waals surface area contributed by atoms with E-state index in [-0.39, 0.29) is 0 Å². The normalized spacial score (nSPS) is 11.2. The summed E-state index contributed by atoms with van der Waals surface area (Å²) in [7, 11) is 0.567. The molecule has 0 aliphatic heterocycles. The number of hydrogen-bond acceptors (Lipinski definition) is 1. The third kappa shape index (κ3) is 4.06. The molecule has 30 valence electrons. The largest absolute Gasteiger partial charge is 0.428 e. The minimum atomic E-state index is -1.10. The third-order valence-electron chi connectivity index (χ3n) is 0.315. The van der Waals surface area contributed by atoms with Gasteiger partial charge in [-0.3, -0.25) is 0 Å². The molecule has 0 rings (SSSR count). The van der Waals surface area contributed by atoms with Gasteiger partial charge in [-0.15, -0.1) is 5.09 Å². The van der Waals surface area contributed by atoms with Gasteiger partial charge in [-0.1, -0.05) is 4.57 Å². The van der Waals surface area contributed by atoms with E-state index in [1.807, 2.05) is 0 Å². The van der Waals surface area contributed by atoms with Crippen molar-refractivity contribution in [3.63, 3.8) is 0 Å². The smallest absolute Gasteiger partial charge is 0.112 e. The molecule has 0 bridgehead atoms. The summed E-state index contributed by atoms with van der Waals surface area (Å²) in [6.07, 6.45) is 0. The zero-order valence-corrected chi connectivity index (χ0v) is 4.25. The van der Waals surface area contributed by atoms with E-state index in [2.05, 4.69) is 5.09 Å². The predicted octanol–water partition coefficient (Wildman–Crippen LogP) is 0.578. The van der Waals surface area contributed by atoms with Crippen LogP contribution in [0.15, 0.2) is 0 Å². The molecule has 0 heterocycles. The van der Waals surface area contributed by atoms with E-state index in [4.69, 9.17) is 0 Å². The van der Waals surface area contributed by atoms with Crippen LogP contribution in [0.3, 0.4) is 0 Å². The van der Waals surface area contributed by atoms with Gasteiger partial charge in [0, 0.05) is 7.05 Å². The van der Waals surface area contributed by atoms with E-state index < -0.39 is 7.95 Å². The van der Waals surface area contributed by atoms with Crippen LogP contribution in [0, 0.1) is 0 Å². The molecule has 1 unspecified atom stereocenters. The summed E-state index contributed by atoms with van der Waals surface area (Å²) in [5.41, 5.74) is 0. The first-order valence-electron chi connectivity index (χ1n) is 1.35. The van der Waals surface area contributed by atoms with Gasteiger partial charge in [-0.25, -0.2) is 0 Å². The second-order valence-electron chi connectivity index (χ2n) is 0.721. The van der Waals surface area contributed by atoms with Gasteiger partial charge in [0.15, 0.2) is 6.66 Å². The van der Waals surface area contributed by atoms with Gasteiger partial charge in [-0.2, -0.15) is 0 Å². The Kier molecular flexibility index (Phi) is 2.33. The van der Waals surface area contributed by atoms with Crippen LogP contribution >= 0.6 is 7.95 Å². The molecule has 0 saturated heterocycles. The molecule has 5 heavy (non-hydrogen) atoms. The Morgan fingerprint density at radius 2 is 2.00 bits per heavy atom. The third-order valence-corrected chi connectivity index (χ3v) is 0.945. The first-order chi connectivity index (χ1) is 2.27. The van der Waals surface area contributed by atoms with Crippen molar-refractivity contribution in [3.8, 4) is 0 Å². The van der Waals surface area contributed by atoms with E-state index in [1.165, 1.54) is 0 Å². The highest BCUT2D eigenvalue weighted by Gasteiger charge is 1.92. The highest BCUT2D eigenvalue weighted by atomic mass is 31.1. The lowest BCUT2D eigenvalue weighted by Crippen LogP contribution is -1.86. The Bertz CT molecular complexity index is 44.9. The molecule has 0 aromatic rings. The molecule has 0 saturated carbocycles. The molecular weight excluding hydrogens is 85.0 g/mol. The number of rotatable bonds is 1. The van der Waals surface area contributed by atoms with Crippen molar-refractivity contribution < 1.29 is 4.57 Å².